The summed E-state index contributed by atoms with van der Waals surface area (Å²) in [6.07, 6.45) is -22.2. The van der Waals surface area contributed by atoms with Crippen molar-refractivity contribution in [3.8, 4) is 0 Å². The number of carbonyl (C=O) groups excluding carboxylic acids is 1. The van der Waals surface area contributed by atoms with Crippen LogP contribution in [0.4, 0.5) is 44.3 Å². The van der Waals surface area contributed by atoms with Crippen LogP contribution in [0.25, 0.3) is 0 Å². The molecule has 1 amide bonds. The Morgan fingerprint density at radius 3 is 1.97 bits per heavy atom. The number of piperazine rings is 1. The van der Waals surface area contributed by atoms with E-state index >= 15 is 0 Å². The Hall–Kier alpha value is -1.83. The van der Waals surface area contributed by atoms with E-state index in [2.05, 4.69) is 4.74 Å². The van der Waals surface area contributed by atoms with E-state index in [1.807, 2.05) is 0 Å². The first-order valence-corrected chi connectivity index (χ1v) is 8.64. The molecular formula is C15H13F9N2O2S. The molecular weight excluding hydrogens is 443 g/mol. The topological polar surface area (TPSA) is 32.8 Å². The van der Waals surface area contributed by atoms with E-state index in [-0.39, 0.29) is 31.1 Å². The third kappa shape index (κ3) is 6.59. The standard InChI is InChI=1S/C15H13F9N2O2S/c16-13(17,18)9-2-1-3-10(8-9)29-26-6-4-25(5-7-26)12(27)28-11(14(19,20)21)15(22,23)24/h1-3,8,11H,4-7H2. The van der Waals surface area contributed by atoms with Crippen LogP contribution in [0.1, 0.15) is 5.56 Å². The molecule has 0 atom stereocenters. The summed E-state index contributed by atoms with van der Waals surface area (Å²) in [6.45, 7) is -0.516. The summed E-state index contributed by atoms with van der Waals surface area (Å²) in [6, 6.07) is 4.41. The number of amides is 1. The summed E-state index contributed by atoms with van der Waals surface area (Å²) >= 11 is 0.926. The van der Waals surface area contributed by atoms with Crippen LogP contribution in [0, 0.1) is 0 Å². The molecule has 0 aliphatic carbocycles. The van der Waals surface area contributed by atoms with Gasteiger partial charge in [-0.25, -0.2) is 9.10 Å². The van der Waals surface area contributed by atoms with Gasteiger partial charge in [-0.3, -0.25) is 0 Å². The molecule has 1 fully saturated rings. The van der Waals surface area contributed by atoms with Gasteiger partial charge in [0, 0.05) is 31.1 Å². The predicted octanol–water partition coefficient (Wildman–Crippen LogP) is 4.96. The van der Waals surface area contributed by atoms with Crippen molar-refractivity contribution in [2.45, 2.75) is 29.5 Å². The molecule has 1 aliphatic rings. The van der Waals surface area contributed by atoms with E-state index in [1.165, 1.54) is 16.4 Å². The predicted molar refractivity (Wildman–Crippen MR) is 82.8 cm³/mol. The minimum Gasteiger partial charge on any atom is -0.426 e. The molecule has 1 aromatic rings. The SMILES string of the molecule is O=C(OC(C(F)(F)F)C(F)(F)F)N1CCN(Sc2cccc(C(F)(F)F)c2)CC1. The van der Waals surface area contributed by atoms with Crippen LogP contribution in [0.5, 0.6) is 0 Å². The van der Waals surface area contributed by atoms with Crippen LogP contribution < -0.4 is 0 Å². The maximum absolute atomic E-state index is 12.7. The van der Waals surface area contributed by atoms with Crippen LogP contribution in [-0.2, 0) is 10.9 Å². The second kappa shape index (κ2) is 8.50. The third-order valence-electron chi connectivity index (χ3n) is 3.71. The second-order valence-electron chi connectivity index (χ2n) is 5.88. The molecule has 1 aromatic carbocycles. The summed E-state index contributed by atoms with van der Waals surface area (Å²) in [5.41, 5.74) is -0.866. The smallest absolute Gasteiger partial charge is 0.426 e. The Kier molecular flexibility index (Phi) is 6.87. The summed E-state index contributed by atoms with van der Waals surface area (Å²) < 4.78 is 118. The zero-order chi connectivity index (χ0) is 22.0. The van der Waals surface area contributed by atoms with Crippen LogP contribution in [0.3, 0.4) is 0 Å². The maximum atomic E-state index is 12.7. The monoisotopic (exact) mass is 456 g/mol. The lowest BCUT2D eigenvalue weighted by Crippen LogP contribution is -2.51. The average molecular weight is 456 g/mol. The lowest BCUT2D eigenvalue weighted by molar-refractivity contribution is -0.308. The van der Waals surface area contributed by atoms with Gasteiger partial charge in [0.25, 0.3) is 6.10 Å². The van der Waals surface area contributed by atoms with Crippen molar-refractivity contribution in [1.29, 1.82) is 0 Å². The van der Waals surface area contributed by atoms with Crippen molar-refractivity contribution in [2.24, 2.45) is 0 Å². The van der Waals surface area contributed by atoms with Crippen molar-refractivity contribution in [3.05, 3.63) is 29.8 Å². The molecule has 0 saturated carbocycles. The van der Waals surface area contributed by atoms with E-state index in [0.29, 0.717) is 4.90 Å². The van der Waals surface area contributed by atoms with Gasteiger partial charge >= 0.3 is 24.6 Å². The third-order valence-corrected chi connectivity index (χ3v) is 4.79. The van der Waals surface area contributed by atoms with Crippen molar-refractivity contribution < 1.29 is 49.0 Å². The second-order valence-corrected chi connectivity index (χ2v) is 7.05. The number of hydrogen-bond acceptors (Lipinski definition) is 4. The normalized spacial score (nSPS) is 17.0. The average Bonchev–Trinajstić information content (AvgIpc) is 2.57. The van der Waals surface area contributed by atoms with E-state index in [9.17, 15) is 44.3 Å². The van der Waals surface area contributed by atoms with Crippen molar-refractivity contribution in [2.75, 3.05) is 26.2 Å². The fraction of sp³-hybridized carbons (Fsp3) is 0.533. The fourth-order valence-electron chi connectivity index (χ4n) is 2.33. The molecule has 2 rings (SSSR count). The molecule has 0 spiro atoms. The minimum absolute atomic E-state index is 0.00128. The van der Waals surface area contributed by atoms with Gasteiger partial charge in [0.2, 0.25) is 0 Å². The summed E-state index contributed by atoms with van der Waals surface area (Å²) in [5.74, 6) is 0. The van der Waals surface area contributed by atoms with Gasteiger partial charge < -0.3 is 9.64 Å². The molecule has 1 saturated heterocycles. The highest BCUT2D eigenvalue weighted by molar-refractivity contribution is 7.97. The van der Waals surface area contributed by atoms with Crippen molar-refractivity contribution in [3.63, 3.8) is 0 Å². The number of rotatable bonds is 3. The first-order chi connectivity index (χ1) is 13.2. The number of nitrogens with zero attached hydrogens (tertiary/aromatic N) is 2. The van der Waals surface area contributed by atoms with Gasteiger partial charge in [-0.05, 0) is 30.1 Å². The molecule has 0 radical (unpaired) electrons. The zero-order valence-electron chi connectivity index (χ0n) is 14.2. The molecule has 1 aliphatic heterocycles. The Labute approximate surface area is 162 Å². The van der Waals surface area contributed by atoms with Gasteiger partial charge in [-0.15, -0.1) is 0 Å². The number of alkyl halides is 9. The first kappa shape index (κ1) is 23.4. The quantitative estimate of drug-likeness (QED) is 0.476. The van der Waals surface area contributed by atoms with Gasteiger partial charge in [0.1, 0.15) is 0 Å². The molecule has 0 aromatic heterocycles. The Bertz CT molecular complexity index is 699. The zero-order valence-corrected chi connectivity index (χ0v) is 15.1. The van der Waals surface area contributed by atoms with Crippen molar-refractivity contribution in [1.82, 2.24) is 9.21 Å². The summed E-state index contributed by atoms with van der Waals surface area (Å²) in [5, 5.41) is 0. The summed E-state index contributed by atoms with van der Waals surface area (Å²) in [4.78, 5) is 12.6. The molecule has 0 unspecified atom stereocenters. The van der Waals surface area contributed by atoms with Crippen LogP contribution in [0.15, 0.2) is 29.2 Å². The van der Waals surface area contributed by atoms with Crippen molar-refractivity contribution >= 4 is 18.0 Å². The molecule has 4 nitrogen and oxygen atoms in total. The van der Waals surface area contributed by atoms with E-state index in [0.717, 1.165) is 24.1 Å². The van der Waals surface area contributed by atoms with Crippen LogP contribution in [-0.4, -0.2) is 59.9 Å². The highest BCUT2D eigenvalue weighted by atomic mass is 32.2. The Balaban J connectivity index is 1.93. The molecule has 0 bridgehead atoms. The number of halogens is 9. The maximum Gasteiger partial charge on any atom is 0.434 e. The number of ether oxygens (including phenoxy) is 1. The first-order valence-electron chi connectivity index (χ1n) is 7.87. The lowest BCUT2D eigenvalue weighted by Gasteiger charge is -2.34. The Morgan fingerprint density at radius 2 is 1.48 bits per heavy atom. The summed E-state index contributed by atoms with van der Waals surface area (Å²) in [7, 11) is 0. The van der Waals surface area contributed by atoms with Gasteiger partial charge in [-0.1, -0.05) is 6.07 Å². The largest absolute Gasteiger partial charge is 0.434 e. The van der Waals surface area contributed by atoms with Gasteiger partial charge in [-0.2, -0.15) is 39.5 Å². The van der Waals surface area contributed by atoms with E-state index < -0.39 is 36.3 Å². The number of hydrogen-bond donors (Lipinski definition) is 0. The minimum atomic E-state index is -5.81. The molecule has 1 heterocycles. The molecule has 14 heteroatoms. The number of carbonyl (C=O) groups is 1. The van der Waals surface area contributed by atoms with E-state index in [1.54, 1.807) is 0 Å². The van der Waals surface area contributed by atoms with Gasteiger partial charge in [0.05, 0.1) is 5.56 Å². The fourth-order valence-corrected chi connectivity index (χ4v) is 3.30. The van der Waals surface area contributed by atoms with E-state index in [4.69, 9.17) is 0 Å². The Morgan fingerprint density at radius 1 is 0.931 bits per heavy atom. The highest BCUT2D eigenvalue weighted by Gasteiger charge is 2.60. The van der Waals surface area contributed by atoms with Crippen LogP contribution >= 0.6 is 11.9 Å². The lowest BCUT2D eigenvalue weighted by atomic mass is 10.2. The van der Waals surface area contributed by atoms with Crippen LogP contribution in [0.2, 0.25) is 0 Å². The highest BCUT2D eigenvalue weighted by Crippen LogP contribution is 2.36. The van der Waals surface area contributed by atoms with Gasteiger partial charge in [0.15, 0.2) is 0 Å². The molecule has 29 heavy (non-hydrogen) atoms. The molecule has 0 N–H and O–H groups in total. The molecule has 164 valence electrons. The number of benzene rings is 1.